The van der Waals surface area contributed by atoms with E-state index in [1.165, 1.54) is 0 Å². The lowest BCUT2D eigenvalue weighted by Gasteiger charge is -2.32. The van der Waals surface area contributed by atoms with Gasteiger partial charge >= 0.3 is 6.03 Å². The molecule has 2 amide bonds. The number of nitrogens with zero attached hydrogens (tertiary/aromatic N) is 1. The van der Waals surface area contributed by atoms with Gasteiger partial charge in [-0.15, -0.1) is 0 Å². The van der Waals surface area contributed by atoms with E-state index in [1.807, 2.05) is 11.8 Å². The van der Waals surface area contributed by atoms with Crippen molar-refractivity contribution in [2.24, 2.45) is 16.8 Å². The van der Waals surface area contributed by atoms with Crippen LogP contribution < -0.4 is 11.2 Å². The fraction of sp³-hybridized carbons (Fsp3) is 0.800. The van der Waals surface area contributed by atoms with Gasteiger partial charge in [-0.25, -0.2) is 10.2 Å². The van der Waals surface area contributed by atoms with Crippen molar-refractivity contribution in [1.82, 2.24) is 5.43 Å². The monoisotopic (exact) mass is 229 g/mol. The number of carbonyl (C=O) groups is 1. The summed E-state index contributed by atoms with van der Waals surface area (Å²) in [5.41, 5.74) is 8.38. The summed E-state index contributed by atoms with van der Waals surface area (Å²) in [4.78, 5) is 10.6. The molecule has 3 atom stereocenters. The van der Waals surface area contributed by atoms with Crippen LogP contribution in [-0.4, -0.2) is 22.2 Å². The number of carbonyl (C=O) groups excluding carboxylic acids is 1. The molecule has 5 heteroatoms. The molecule has 1 aliphatic heterocycles. The number of hydrogen-bond acceptors (Lipinski definition) is 3. The molecule has 0 saturated carbocycles. The molecule has 0 aromatic carbocycles. The number of hydrogen-bond donors (Lipinski definition) is 2. The summed E-state index contributed by atoms with van der Waals surface area (Å²) in [5, 5.41) is 5.26. The van der Waals surface area contributed by atoms with Crippen molar-refractivity contribution >= 4 is 23.5 Å². The number of primary amides is 1. The summed E-state index contributed by atoms with van der Waals surface area (Å²) >= 11 is 2.01. The maximum atomic E-state index is 10.6. The van der Waals surface area contributed by atoms with Crippen LogP contribution >= 0.6 is 11.8 Å². The normalized spacial score (nSPS) is 34.1. The van der Waals surface area contributed by atoms with E-state index in [2.05, 4.69) is 31.3 Å². The maximum absolute atomic E-state index is 10.6. The second kappa shape index (κ2) is 5.39. The van der Waals surface area contributed by atoms with Crippen LogP contribution in [0.1, 0.15) is 33.6 Å². The average molecular weight is 229 g/mol. The van der Waals surface area contributed by atoms with E-state index in [-0.39, 0.29) is 0 Å². The Bertz CT molecular complexity index is 267. The van der Waals surface area contributed by atoms with Crippen molar-refractivity contribution in [2.45, 2.75) is 44.1 Å². The topological polar surface area (TPSA) is 67.5 Å². The summed E-state index contributed by atoms with van der Waals surface area (Å²) in [5.74, 6) is 0.419. The molecule has 15 heavy (non-hydrogen) atoms. The van der Waals surface area contributed by atoms with Crippen molar-refractivity contribution in [1.29, 1.82) is 0 Å². The number of nitrogens with two attached hydrogens (primary N) is 1. The molecule has 0 bridgehead atoms. The summed E-state index contributed by atoms with van der Waals surface area (Å²) in [6.07, 6.45) is 2.06. The van der Waals surface area contributed by atoms with Gasteiger partial charge in [-0.05, 0) is 12.8 Å². The minimum Gasteiger partial charge on any atom is -0.350 e. The number of nitrogens with one attached hydrogen (secondary N) is 1. The number of rotatable bonds is 2. The third-order valence-corrected chi connectivity index (χ3v) is 4.42. The van der Waals surface area contributed by atoms with Crippen molar-refractivity contribution in [3.8, 4) is 0 Å². The van der Waals surface area contributed by atoms with Crippen molar-refractivity contribution in [3.05, 3.63) is 0 Å². The first-order valence-electron chi connectivity index (χ1n) is 5.32. The van der Waals surface area contributed by atoms with Crippen LogP contribution in [0, 0.1) is 5.92 Å². The molecule has 0 aromatic rings. The quantitative estimate of drug-likeness (QED) is 0.711. The molecule has 1 saturated heterocycles. The first-order valence-corrected chi connectivity index (χ1v) is 6.26. The standard InChI is InChI=1S/C10H19N3OS/c1-4-9-7(3)8(5-6(2)15-9)12-13-10(11)14/h6-7,9H,4-5H2,1-3H3,(H3,11,13,14)/b12-8-/t6-,7+,9-/m0/s1. The van der Waals surface area contributed by atoms with Crippen molar-refractivity contribution in [3.63, 3.8) is 0 Å². The first kappa shape index (κ1) is 12.4. The lowest BCUT2D eigenvalue weighted by atomic mass is 9.95. The van der Waals surface area contributed by atoms with E-state index in [0.717, 1.165) is 18.6 Å². The van der Waals surface area contributed by atoms with Crippen LogP contribution in [0.3, 0.4) is 0 Å². The third-order valence-electron chi connectivity index (χ3n) is 2.70. The highest BCUT2D eigenvalue weighted by Gasteiger charge is 2.29. The van der Waals surface area contributed by atoms with E-state index in [1.54, 1.807) is 0 Å². The molecule has 0 spiro atoms. The zero-order chi connectivity index (χ0) is 11.4. The van der Waals surface area contributed by atoms with Crippen molar-refractivity contribution in [2.75, 3.05) is 0 Å². The van der Waals surface area contributed by atoms with E-state index in [0.29, 0.717) is 16.4 Å². The fourth-order valence-corrected chi connectivity index (χ4v) is 3.33. The number of hydrazone groups is 1. The highest BCUT2D eigenvalue weighted by molar-refractivity contribution is 8.00. The molecule has 86 valence electrons. The van der Waals surface area contributed by atoms with Gasteiger partial charge in [0.1, 0.15) is 0 Å². The second-order valence-electron chi connectivity index (χ2n) is 3.97. The molecule has 1 heterocycles. The van der Waals surface area contributed by atoms with E-state index in [4.69, 9.17) is 5.73 Å². The van der Waals surface area contributed by atoms with Gasteiger partial charge in [-0.3, -0.25) is 0 Å². The predicted octanol–water partition coefficient (Wildman–Crippen LogP) is 1.95. The molecule has 1 fully saturated rings. The lowest BCUT2D eigenvalue weighted by Crippen LogP contribution is -2.35. The number of thioether (sulfide) groups is 1. The fourth-order valence-electron chi connectivity index (χ4n) is 1.88. The molecule has 3 N–H and O–H groups in total. The molecule has 1 aliphatic rings. The van der Waals surface area contributed by atoms with Crippen LogP contribution in [-0.2, 0) is 0 Å². The van der Waals surface area contributed by atoms with Gasteiger partial charge in [-0.1, -0.05) is 20.8 Å². The van der Waals surface area contributed by atoms with Gasteiger partial charge in [0.15, 0.2) is 0 Å². The molecule has 0 aliphatic carbocycles. The maximum Gasteiger partial charge on any atom is 0.332 e. The van der Waals surface area contributed by atoms with Crippen LogP contribution in [0.15, 0.2) is 5.10 Å². The Labute approximate surface area is 95.1 Å². The van der Waals surface area contributed by atoms with Gasteiger partial charge in [0.05, 0.1) is 0 Å². The van der Waals surface area contributed by atoms with Crippen LogP contribution in [0.25, 0.3) is 0 Å². The molecule has 0 unspecified atom stereocenters. The van der Waals surface area contributed by atoms with Crippen LogP contribution in [0.4, 0.5) is 4.79 Å². The molecule has 4 nitrogen and oxygen atoms in total. The van der Waals surface area contributed by atoms with Gasteiger partial charge < -0.3 is 5.73 Å². The average Bonchev–Trinajstić information content (AvgIpc) is 2.18. The Morgan fingerprint density at radius 2 is 2.33 bits per heavy atom. The Morgan fingerprint density at radius 3 is 2.87 bits per heavy atom. The minimum absolute atomic E-state index is 0.419. The summed E-state index contributed by atoms with van der Waals surface area (Å²) in [7, 11) is 0. The Hall–Kier alpha value is -0.710. The van der Waals surface area contributed by atoms with Gasteiger partial charge in [0, 0.05) is 22.1 Å². The SMILES string of the molecule is CC[C@@H]1S[C@@H](C)C/C(=N/NC(N)=O)[C@H]1C. The van der Waals surface area contributed by atoms with Gasteiger partial charge in [-0.2, -0.15) is 16.9 Å². The molecule has 0 radical (unpaired) electrons. The Balaban J connectivity index is 2.69. The van der Waals surface area contributed by atoms with E-state index >= 15 is 0 Å². The smallest absolute Gasteiger partial charge is 0.332 e. The third kappa shape index (κ3) is 3.41. The Morgan fingerprint density at radius 1 is 1.67 bits per heavy atom. The predicted molar refractivity (Wildman–Crippen MR) is 65.1 cm³/mol. The minimum atomic E-state index is -0.589. The van der Waals surface area contributed by atoms with E-state index < -0.39 is 6.03 Å². The molecule has 1 rings (SSSR count). The molecular formula is C10H19N3OS. The van der Waals surface area contributed by atoms with Crippen LogP contribution in [0.5, 0.6) is 0 Å². The molecule has 0 aromatic heterocycles. The van der Waals surface area contributed by atoms with Gasteiger partial charge in [0.25, 0.3) is 0 Å². The summed E-state index contributed by atoms with van der Waals surface area (Å²) in [6.45, 7) is 6.54. The lowest BCUT2D eigenvalue weighted by molar-refractivity contribution is 0.249. The zero-order valence-corrected chi connectivity index (χ0v) is 10.3. The zero-order valence-electron chi connectivity index (χ0n) is 9.49. The van der Waals surface area contributed by atoms with E-state index in [9.17, 15) is 4.79 Å². The largest absolute Gasteiger partial charge is 0.350 e. The van der Waals surface area contributed by atoms with Gasteiger partial charge in [0.2, 0.25) is 0 Å². The number of amides is 2. The molecular weight excluding hydrogens is 210 g/mol. The Kier molecular flexibility index (Phi) is 4.45. The van der Waals surface area contributed by atoms with Crippen molar-refractivity contribution < 1.29 is 4.79 Å². The first-order chi connectivity index (χ1) is 7.04. The highest BCUT2D eigenvalue weighted by atomic mass is 32.2. The summed E-state index contributed by atoms with van der Waals surface area (Å²) in [6, 6.07) is -0.589. The van der Waals surface area contributed by atoms with Crippen LogP contribution in [0.2, 0.25) is 0 Å². The second-order valence-corrected chi connectivity index (χ2v) is 5.65. The highest BCUT2D eigenvalue weighted by Crippen LogP contribution is 2.35. The number of urea groups is 1. The summed E-state index contributed by atoms with van der Waals surface area (Å²) < 4.78 is 0.